The molecule has 1 rings (SSSR count). The molecule has 0 aromatic carbocycles. The topological polar surface area (TPSA) is 53.7 Å². The van der Waals surface area contributed by atoms with E-state index in [-0.39, 0.29) is 5.76 Å². The lowest BCUT2D eigenvalue weighted by Gasteiger charge is -2.21. The van der Waals surface area contributed by atoms with E-state index in [9.17, 15) is 4.79 Å². The van der Waals surface area contributed by atoms with Gasteiger partial charge in [-0.15, -0.1) is 0 Å². The highest BCUT2D eigenvalue weighted by atomic mass is 16.4. The predicted octanol–water partition coefficient (Wildman–Crippen LogP) is 3.69. The maximum Gasteiger partial charge on any atom is 0.371 e. The van der Waals surface area contributed by atoms with Gasteiger partial charge in [0.05, 0.1) is 0 Å². The lowest BCUT2D eigenvalue weighted by Crippen LogP contribution is -2.25. The van der Waals surface area contributed by atoms with Crippen molar-refractivity contribution in [1.82, 2.24) is 4.90 Å². The normalized spacial score (nSPS) is 11.2. The van der Waals surface area contributed by atoms with Crippen LogP contribution in [0.15, 0.2) is 10.5 Å². The quantitative estimate of drug-likeness (QED) is 0.741. The predicted molar refractivity (Wildman–Crippen MR) is 75.5 cm³/mol. The van der Waals surface area contributed by atoms with E-state index in [1.807, 2.05) is 6.92 Å². The fourth-order valence-corrected chi connectivity index (χ4v) is 2.06. The van der Waals surface area contributed by atoms with E-state index in [2.05, 4.69) is 18.7 Å². The number of aromatic carboxylic acids is 1. The highest BCUT2D eigenvalue weighted by molar-refractivity contribution is 5.84. The molecular formula is C15H25NO3. The number of hydrogen-bond acceptors (Lipinski definition) is 3. The van der Waals surface area contributed by atoms with Crippen LogP contribution in [-0.2, 0) is 6.54 Å². The third-order valence-electron chi connectivity index (χ3n) is 3.28. The maximum atomic E-state index is 10.9. The molecule has 4 nitrogen and oxygen atoms in total. The number of unbranched alkanes of at least 4 members (excludes halogenated alkanes) is 2. The SMILES string of the molecule is CCCCN(CCCC)Cc1cc(C(=O)O)oc1C. The lowest BCUT2D eigenvalue weighted by atomic mass is 10.2. The Morgan fingerprint density at radius 2 is 1.84 bits per heavy atom. The molecule has 4 heteroatoms. The molecule has 1 aromatic heterocycles. The van der Waals surface area contributed by atoms with Crippen LogP contribution in [0, 0.1) is 6.92 Å². The van der Waals surface area contributed by atoms with E-state index in [1.54, 1.807) is 6.07 Å². The summed E-state index contributed by atoms with van der Waals surface area (Å²) in [6, 6.07) is 1.66. The summed E-state index contributed by atoms with van der Waals surface area (Å²) >= 11 is 0. The Labute approximate surface area is 115 Å². The first-order valence-corrected chi connectivity index (χ1v) is 7.13. The number of carbonyl (C=O) groups is 1. The molecule has 19 heavy (non-hydrogen) atoms. The zero-order valence-electron chi connectivity index (χ0n) is 12.2. The molecule has 0 atom stereocenters. The molecule has 0 saturated carbocycles. The second kappa shape index (κ2) is 8.00. The molecule has 0 aliphatic rings. The van der Waals surface area contributed by atoms with Crippen molar-refractivity contribution < 1.29 is 14.3 Å². The van der Waals surface area contributed by atoms with Crippen molar-refractivity contribution in [3.63, 3.8) is 0 Å². The van der Waals surface area contributed by atoms with Crippen molar-refractivity contribution in [2.75, 3.05) is 13.1 Å². The molecule has 0 spiro atoms. The van der Waals surface area contributed by atoms with Crippen molar-refractivity contribution in [2.45, 2.75) is 53.0 Å². The second-order valence-electron chi connectivity index (χ2n) is 4.98. The Hall–Kier alpha value is -1.29. The van der Waals surface area contributed by atoms with Gasteiger partial charge in [-0.3, -0.25) is 4.90 Å². The van der Waals surface area contributed by atoms with Crippen molar-refractivity contribution in [1.29, 1.82) is 0 Å². The molecule has 0 aliphatic heterocycles. The summed E-state index contributed by atoms with van der Waals surface area (Å²) < 4.78 is 5.26. The minimum Gasteiger partial charge on any atom is -0.475 e. The summed E-state index contributed by atoms with van der Waals surface area (Å²) in [4.78, 5) is 13.3. The first kappa shape index (κ1) is 15.8. The van der Waals surface area contributed by atoms with Gasteiger partial charge in [0, 0.05) is 12.1 Å². The van der Waals surface area contributed by atoms with Gasteiger partial charge in [-0.25, -0.2) is 4.79 Å². The summed E-state index contributed by atoms with van der Waals surface area (Å²) in [6.45, 7) is 9.10. The van der Waals surface area contributed by atoms with Crippen LogP contribution in [0.5, 0.6) is 0 Å². The van der Waals surface area contributed by atoms with Crippen LogP contribution in [0.1, 0.15) is 61.4 Å². The van der Waals surface area contributed by atoms with Crippen LogP contribution in [0.4, 0.5) is 0 Å². The molecule has 108 valence electrons. The largest absolute Gasteiger partial charge is 0.475 e. The van der Waals surface area contributed by atoms with Crippen molar-refractivity contribution in [3.05, 3.63) is 23.2 Å². The van der Waals surface area contributed by atoms with Crippen LogP contribution >= 0.6 is 0 Å². The monoisotopic (exact) mass is 267 g/mol. The van der Waals surface area contributed by atoms with E-state index in [0.29, 0.717) is 0 Å². The molecule has 1 heterocycles. The van der Waals surface area contributed by atoms with Crippen LogP contribution in [-0.4, -0.2) is 29.1 Å². The number of rotatable bonds is 9. The fraction of sp³-hybridized carbons (Fsp3) is 0.667. The zero-order chi connectivity index (χ0) is 14.3. The minimum atomic E-state index is -0.997. The molecule has 0 radical (unpaired) electrons. The standard InChI is InChI=1S/C15H25NO3/c1-4-6-8-16(9-7-5-2)11-13-10-14(15(17)18)19-12(13)3/h10H,4-9,11H2,1-3H3,(H,17,18). The van der Waals surface area contributed by atoms with Gasteiger partial charge in [-0.1, -0.05) is 26.7 Å². The smallest absolute Gasteiger partial charge is 0.371 e. The van der Waals surface area contributed by atoms with E-state index in [0.717, 1.165) is 31.0 Å². The third kappa shape index (κ3) is 5.07. The highest BCUT2D eigenvalue weighted by Gasteiger charge is 2.15. The maximum absolute atomic E-state index is 10.9. The summed E-state index contributed by atoms with van der Waals surface area (Å²) in [5, 5.41) is 8.93. The van der Waals surface area contributed by atoms with Gasteiger partial charge in [-0.05, 0) is 38.9 Å². The number of hydrogen-bond donors (Lipinski definition) is 1. The van der Waals surface area contributed by atoms with Crippen molar-refractivity contribution in [3.8, 4) is 0 Å². The fourth-order valence-electron chi connectivity index (χ4n) is 2.06. The van der Waals surface area contributed by atoms with Gasteiger partial charge in [0.2, 0.25) is 5.76 Å². The van der Waals surface area contributed by atoms with Crippen LogP contribution in [0.3, 0.4) is 0 Å². The number of carboxylic acid groups (broad SMARTS) is 1. The van der Waals surface area contributed by atoms with E-state index in [1.165, 1.54) is 25.7 Å². The first-order valence-electron chi connectivity index (χ1n) is 7.13. The third-order valence-corrected chi connectivity index (χ3v) is 3.28. The zero-order valence-corrected chi connectivity index (χ0v) is 12.2. The van der Waals surface area contributed by atoms with Gasteiger partial charge < -0.3 is 9.52 Å². The number of nitrogens with zero attached hydrogens (tertiary/aromatic N) is 1. The van der Waals surface area contributed by atoms with Gasteiger partial charge in [0.25, 0.3) is 0 Å². The summed E-state index contributed by atoms with van der Waals surface area (Å²) in [7, 11) is 0. The Morgan fingerprint density at radius 3 is 2.26 bits per heavy atom. The number of aryl methyl sites for hydroxylation is 1. The van der Waals surface area contributed by atoms with Gasteiger partial charge in [0.15, 0.2) is 0 Å². The molecule has 0 unspecified atom stereocenters. The average Bonchev–Trinajstić information content (AvgIpc) is 2.74. The van der Waals surface area contributed by atoms with E-state index >= 15 is 0 Å². The van der Waals surface area contributed by atoms with Crippen molar-refractivity contribution >= 4 is 5.97 Å². The van der Waals surface area contributed by atoms with Gasteiger partial charge in [-0.2, -0.15) is 0 Å². The molecule has 0 fully saturated rings. The van der Waals surface area contributed by atoms with Crippen molar-refractivity contribution in [2.24, 2.45) is 0 Å². The second-order valence-corrected chi connectivity index (χ2v) is 4.98. The molecular weight excluding hydrogens is 242 g/mol. The van der Waals surface area contributed by atoms with Crippen LogP contribution < -0.4 is 0 Å². The first-order chi connectivity index (χ1) is 9.08. The lowest BCUT2D eigenvalue weighted by molar-refractivity contribution is 0.0661. The molecule has 0 aliphatic carbocycles. The molecule has 1 aromatic rings. The highest BCUT2D eigenvalue weighted by Crippen LogP contribution is 2.17. The molecule has 1 N–H and O–H groups in total. The minimum absolute atomic E-state index is 0.0402. The Morgan fingerprint density at radius 1 is 1.26 bits per heavy atom. The Bertz CT molecular complexity index is 390. The Kier molecular flexibility index (Phi) is 6.64. The van der Waals surface area contributed by atoms with Gasteiger partial charge in [0.1, 0.15) is 5.76 Å². The average molecular weight is 267 g/mol. The number of furan rings is 1. The number of carboxylic acids is 1. The summed E-state index contributed by atoms with van der Waals surface area (Å²) in [5.74, 6) is -0.239. The molecule has 0 amide bonds. The van der Waals surface area contributed by atoms with Gasteiger partial charge >= 0.3 is 5.97 Å². The van der Waals surface area contributed by atoms with Crippen LogP contribution in [0.25, 0.3) is 0 Å². The molecule has 0 saturated heterocycles. The molecule has 0 bridgehead atoms. The summed E-state index contributed by atoms with van der Waals surface area (Å²) in [5.41, 5.74) is 0.990. The Balaban J connectivity index is 2.68. The van der Waals surface area contributed by atoms with E-state index in [4.69, 9.17) is 9.52 Å². The van der Waals surface area contributed by atoms with E-state index < -0.39 is 5.97 Å². The van der Waals surface area contributed by atoms with Crippen LogP contribution in [0.2, 0.25) is 0 Å². The summed E-state index contributed by atoms with van der Waals surface area (Å²) in [6.07, 6.45) is 4.69.